The number of methoxy groups -OCH3 is 2. The molecule has 2 heterocycles. The molecule has 13 heteroatoms. The Labute approximate surface area is 274 Å². The third-order valence-electron chi connectivity index (χ3n) is 9.31. The van der Waals surface area contributed by atoms with Crippen molar-refractivity contribution in [2.75, 3.05) is 20.8 Å². The van der Waals surface area contributed by atoms with Gasteiger partial charge < -0.3 is 34.6 Å². The van der Waals surface area contributed by atoms with Gasteiger partial charge >= 0.3 is 17.6 Å². The van der Waals surface area contributed by atoms with E-state index in [1.165, 1.54) is 13.1 Å². The number of hydrogen-bond donors (Lipinski definition) is 5. The molecule has 1 saturated heterocycles. The number of carboxylic acids is 2. The van der Waals surface area contributed by atoms with Crippen LogP contribution in [0.4, 0.5) is 0 Å². The van der Waals surface area contributed by atoms with E-state index in [0.717, 1.165) is 18.8 Å². The molecule has 13 nitrogen and oxygen atoms in total. The van der Waals surface area contributed by atoms with Gasteiger partial charge in [0.2, 0.25) is 5.72 Å². The van der Waals surface area contributed by atoms with Gasteiger partial charge in [-0.1, -0.05) is 91.0 Å². The standard InChI is InChI=1S/C35H36N2O11/c1-22-20-37(31(44)36-29(22)41)34(35(46-2,47-3)33(45,27(21-38)48-34)26(30(42)43)19-28(39)40)32(23-13-7-4-8-14-23,24-15-9-5-10-16-24)25-17-11-6-12-18-25/h4-18,20,26-27,38,45H,19,21H2,1-3H3,(H,39,40)(H,42,43)(H,36,41,44)/t26?,27-,33-,34-/m1/s1. The van der Waals surface area contributed by atoms with Crippen molar-refractivity contribution < 1.29 is 44.2 Å². The predicted octanol–water partition coefficient (Wildman–Crippen LogP) is 1.82. The van der Waals surface area contributed by atoms with Gasteiger partial charge in [-0.05, 0) is 23.6 Å². The van der Waals surface area contributed by atoms with Crippen LogP contribution in [0, 0.1) is 12.8 Å². The van der Waals surface area contributed by atoms with Crippen molar-refractivity contribution >= 4 is 11.9 Å². The van der Waals surface area contributed by atoms with Gasteiger partial charge in [-0.15, -0.1) is 0 Å². The summed E-state index contributed by atoms with van der Waals surface area (Å²) >= 11 is 0. The highest BCUT2D eigenvalue weighted by molar-refractivity contribution is 5.79. The van der Waals surface area contributed by atoms with E-state index in [4.69, 9.17) is 14.2 Å². The van der Waals surface area contributed by atoms with Crippen LogP contribution in [-0.2, 0) is 34.9 Å². The van der Waals surface area contributed by atoms with Gasteiger partial charge in [0.25, 0.3) is 11.3 Å². The molecule has 1 unspecified atom stereocenters. The summed E-state index contributed by atoms with van der Waals surface area (Å²) in [7, 11) is 2.17. The topological polar surface area (TPSA) is 198 Å². The van der Waals surface area contributed by atoms with E-state index in [1.54, 1.807) is 91.0 Å². The van der Waals surface area contributed by atoms with Crippen LogP contribution >= 0.6 is 0 Å². The summed E-state index contributed by atoms with van der Waals surface area (Å²) in [4.78, 5) is 54.6. The first-order chi connectivity index (χ1) is 22.9. The Hall–Kier alpha value is -4.92. The Bertz CT molecular complexity index is 1790. The minimum atomic E-state index is -3.04. The van der Waals surface area contributed by atoms with Crippen molar-refractivity contribution in [3.05, 3.63) is 140 Å². The zero-order valence-electron chi connectivity index (χ0n) is 26.4. The summed E-state index contributed by atoms with van der Waals surface area (Å²) in [6.45, 7) is 0.343. The Morgan fingerprint density at radius 1 is 0.896 bits per heavy atom. The number of ether oxygens (including phenoxy) is 3. The number of benzene rings is 3. The SMILES string of the molecule is COC1(OC)[C@@](n2cc(C)c(=O)[nH]c2=O)(C(c2ccccc2)(c2ccccc2)c2ccccc2)O[C@H](CO)[C@]1(O)C(CC(=O)O)C(=O)O. The van der Waals surface area contributed by atoms with Gasteiger partial charge in [0.1, 0.15) is 12.0 Å². The zero-order valence-corrected chi connectivity index (χ0v) is 26.4. The first-order valence-electron chi connectivity index (χ1n) is 15.0. The van der Waals surface area contributed by atoms with E-state index in [9.17, 15) is 39.6 Å². The van der Waals surface area contributed by atoms with Gasteiger partial charge in [0.15, 0.2) is 5.60 Å². The second-order valence-electron chi connectivity index (χ2n) is 11.6. The summed E-state index contributed by atoms with van der Waals surface area (Å²) in [5.41, 5.74) is -8.07. The smallest absolute Gasteiger partial charge is 0.330 e. The predicted molar refractivity (Wildman–Crippen MR) is 170 cm³/mol. The number of aliphatic hydroxyl groups is 2. The highest BCUT2D eigenvalue weighted by atomic mass is 16.8. The molecule has 0 aliphatic carbocycles. The lowest BCUT2D eigenvalue weighted by atomic mass is 9.57. The fourth-order valence-corrected chi connectivity index (χ4v) is 7.46. The first-order valence-corrected chi connectivity index (χ1v) is 15.0. The molecule has 1 aromatic heterocycles. The minimum absolute atomic E-state index is 0.0121. The van der Waals surface area contributed by atoms with Crippen LogP contribution in [0.15, 0.2) is 107 Å². The van der Waals surface area contributed by atoms with E-state index >= 15 is 0 Å². The number of carboxylic acid groups (broad SMARTS) is 2. The molecule has 1 fully saturated rings. The van der Waals surface area contributed by atoms with E-state index < -0.39 is 70.8 Å². The molecular weight excluding hydrogens is 624 g/mol. The second kappa shape index (κ2) is 12.9. The van der Waals surface area contributed by atoms with E-state index in [2.05, 4.69) is 4.98 Å². The molecule has 4 aromatic rings. The summed E-state index contributed by atoms with van der Waals surface area (Å²) in [6, 6.07) is 25.9. The van der Waals surface area contributed by atoms with Crippen molar-refractivity contribution in [1.29, 1.82) is 0 Å². The molecular formula is C35H36N2O11. The average Bonchev–Trinajstić information content (AvgIpc) is 3.32. The lowest BCUT2D eigenvalue weighted by Crippen LogP contribution is -2.76. The van der Waals surface area contributed by atoms with Crippen LogP contribution in [0.5, 0.6) is 0 Å². The summed E-state index contributed by atoms with van der Waals surface area (Å²) in [5.74, 6) is -8.45. The van der Waals surface area contributed by atoms with Crippen LogP contribution in [-0.4, -0.2) is 80.2 Å². The first kappa shape index (κ1) is 34.4. The number of nitrogens with zero attached hydrogens (tertiary/aromatic N) is 1. The lowest BCUT2D eigenvalue weighted by molar-refractivity contribution is -0.365. The second-order valence-corrected chi connectivity index (χ2v) is 11.6. The Morgan fingerprint density at radius 2 is 1.35 bits per heavy atom. The van der Waals surface area contributed by atoms with Crippen molar-refractivity contribution in [3.63, 3.8) is 0 Å². The van der Waals surface area contributed by atoms with Gasteiger partial charge in [-0.2, -0.15) is 0 Å². The fourth-order valence-electron chi connectivity index (χ4n) is 7.46. The molecule has 48 heavy (non-hydrogen) atoms. The molecule has 4 atom stereocenters. The number of nitrogens with one attached hydrogen (secondary N) is 1. The molecule has 0 spiro atoms. The van der Waals surface area contributed by atoms with E-state index in [0.29, 0.717) is 16.7 Å². The number of aliphatic hydroxyl groups excluding tert-OH is 1. The third-order valence-corrected chi connectivity index (χ3v) is 9.31. The number of hydrogen-bond acceptors (Lipinski definition) is 9. The third kappa shape index (κ3) is 4.65. The van der Waals surface area contributed by atoms with Crippen LogP contribution in [0.1, 0.15) is 28.7 Å². The van der Waals surface area contributed by atoms with Crippen molar-refractivity contribution in [2.45, 2.75) is 42.0 Å². The number of carbonyl (C=O) groups is 2. The highest BCUT2D eigenvalue weighted by Crippen LogP contribution is 2.65. The van der Waals surface area contributed by atoms with Gasteiger partial charge in [0, 0.05) is 26.0 Å². The lowest BCUT2D eigenvalue weighted by Gasteiger charge is -2.57. The maximum Gasteiger partial charge on any atom is 0.330 e. The van der Waals surface area contributed by atoms with Crippen LogP contribution in [0.2, 0.25) is 0 Å². The molecule has 0 saturated carbocycles. The Balaban J connectivity index is 2.18. The average molecular weight is 661 g/mol. The number of aliphatic carboxylic acids is 2. The van der Waals surface area contributed by atoms with Crippen molar-refractivity contribution in [2.24, 2.45) is 5.92 Å². The normalized spacial score (nSPS) is 22.6. The van der Waals surface area contributed by atoms with Crippen molar-refractivity contribution in [1.82, 2.24) is 9.55 Å². The number of aromatic amines is 1. The van der Waals surface area contributed by atoms with E-state index in [-0.39, 0.29) is 5.56 Å². The molecule has 5 rings (SSSR count). The molecule has 1 aliphatic heterocycles. The number of aryl methyl sites for hydroxylation is 1. The molecule has 0 radical (unpaired) electrons. The quantitative estimate of drug-likeness (QED) is 0.110. The molecule has 3 aromatic carbocycles. The fraction of sp³-hybridized carbons (Fsp3) is 0.314. The van der Waals surface area contributed by atoms with Gasteiger partial charge in [0.05, 0.1) is 18.4 Å². The Kier molecular flexibility index (Phi) is 9.28. The monoisotopic (exact) mass is 660 g/mol. The summed E-state index contributed by atoms with van der Waals surface area (Å²) < 4.78 is 20.1. The number of aromatic nitrogens is 2. The van der Waals surface area contributed by atoms with Crippen LogP contribution in [0.25, 0.3) is 0 Å². The highest BCUT2D eigenvalue weighted by Gasteiger charge is 2.85. The largest absolute Gasteiger partial charge is 0.481 e. The van der Waals surface area contributed by atoms with E-state index in [1.807, 2.05) is 0 Å². The van der Waals surface area contributed by atoms with Crippen LogP contribution < -0.4 is 11.2 Å². The number of H-pyrrole nitrogens is 1. The summed E-state index contributed by atoms with van der Waals surface area (Å²) in [5, 5.41) is 44.3. The van der Waals surface area contributed by atoms with Crippen molar-refractivity contribution in [3.8, 4) is 0 Å². The van der Waals surface area contributed by atoms with Gasteiger partial charge in [-0.3, -0.25) is 23.9 Å². The van der Waals surface area contributed by atoms with Gasteiger partial charge in [-0.25, -0.2) is 4.79 Å². The minimum Gasteiger partial charge on any atom is -0.481 e. The maximum absolute atomic E-state index is 14.3. The molecule has 1 aliphatic rings. The zero-order chi connectivity index (χ0) is 34.9. The molecule has 252 valence electrons. The number of rotatable bonds is 12. The molecule has 0 amide bonds. The Morgan fingerprint density at radius 3 is 1.73 bits per heavy atom. The van der Waals surface area contributed by atoms with Crippen LogP contribution in [0.3, 0.4) is 0 Å². The molecule has 0 bridgehead atoms. The molecule has 5 N–H and O–H groups in total. The summed E-state index contributed by atoms with van der Waals surface area (Å²) in [6.07, 6.45) is -1.96. The maximum atomic E-state index is 14.3.